The van der Waals surface area contributed by atoms with E-state index in [9.17, 15) is 24.6 Å². The van der Waals surface area contributed by atoms with Crippen LogP contribution in [0.2, 0.25) is 0 Å². The Hall–Kier alpha value is -4.70. The summed E-state index contributed by atoms with van der Waals surface area (Å²) >= 11 is 5.37. The number of benzene rings is 3. The zero-order valence-corrected chi connectivity index (χ0v) is 21.8. The first-order valence-electron chi connectivity index (χ1n) is 12.3. The molecule has 39 heavy (non-hydrogen) atoms. The number of aromatic hydroxyl groups is 1. The molecule has 0 spiro atoms. The van der Waals surface area contributed by atoms with Gasteiger partial charge < -0.3 is 30.6 Å². The van der Waals surface area contributed by atoms with E-state index in [-0.39, 0.29) is 28.4 Å². The number of carboxylic acid groups (broad SMARTS) is 1. The van der Waals surface area contributed by atoms with Crippen molar-refractivity contribution in [2.24, 2.45) is 0 Å². The zero-order valence-electron chi connectivity index (χ0n) is 21.0. The van der Waals surface area contributed by atoms with Crippen molar-refractivity contribution < 1.29 is 24.2 Å². The highest BCUT2D eigenvalue weighted by molar-refractivity contribution is 7.80. The number of anilines is 1. The van der Waals surface area contributed by atoms with E-state index < -0.39 is 5.97 Å². The summed E-state index contributed by atoms with van der Waals surface area (Å²) in [5, 5.41) is 29.8. The van der Waals surface area contributed by atoms with Crippen LogP contribution >= 0.6 is 12.2 Å². The van der Waals surface area contributed by atoms with Gasteiger partial charge >= 0.3 is 5.97 Å². The predicted octanol–water partition coefficient (Wildman–Crippen LogP) is 4.73. The van der Waals surface area contributed by atoms with Gasteiger partial charge in [0.1, 0.15) is 17.1 Å². The smallest absolute Gasteiger partial charge is 0.336 e. The van der Waals surface area contributed by atoms with Gasteiger partial charge in [0.05, 0.1) is 5.56 Å². The Kier molecular flexibility index (Phi) is 8.57. The second-order valence-electron chi connectivity index (χ2n) is 8.82. The maximum absolute atomic E-state index is 12.4. The molecule has 5 N–H and O–H groups in total. The van der Waals surface area contributed by atoms with Gasteiger partial charge in [-0.1, -0.05) is 12.6 Å². The lowest BCUT2D eigenvalue weighted by atomic mass is 9.90. The fourth-order valence-electron chi connectivity index (χ4n) is 4.25. The molecule has 4 rings (SSSR count). The van der Waals surface area contributed by atoms with Crippen LogP contribution in [-0.2, 0) is 4.79 Å². The third kappa shape index (κ3) is 6.60. The summed E-state index contributed by atoms with van der Waals surface area (Å²) < 4.78 is 5.86. The Morgan fingerprint density at radius 1 is 0.949 bits per heavy atom. The average molecular weight is 546 g/mol. The van der Waals surface area contributed by atoms with Gasteiger partial charge in [0.25, 0.3) is 0 Å². The predicted molar refractivity (Wildman–Crippen MR) is 154 cm³/mol. The molecule has 0 atom stereocenters. The van der Waals surface area contributed by atoms with Crippen LogP contribution in [0.4, 0.5) is 5.69 Å². The quantitative estimate of drug-likeness (QED) is 0.0828. The minimum atomic E-state index is -1.14. The largest absolute Gasteiger partial charge is 0.508 e. The fourth-order valence-corrected chi connectivity index (χ4v) is 4.47. The van der Waals surface area contributed by atoms with Gasteiger partial charge in [0.2, 0.25) is 5.91 Å². The number of nitrogens with one attached hydrogen (secondary N) is 3. The molecule has 2 aromatic rings. The molecule has 0 aromatic heterocycles. The van der Waals surface area contributed by atoms with Crippen LogP contribution in [0.1, 0.15) is 29.6 Å². The van der Waals surface area contributed by atoms with Gasteiger partial charge in [-0.2, -0.15) is 0 Å². The molecule has 1 aliphatic heterocycles. The van der Waals surface area contributed by atoms with E-state index in [1.54, 1.807) is 24.3 Å². The van der Waals surface area contributed by atoms with Crippen molar-refractivity contribution in [3.05, 3.63) is 83.0 Å². The molecule has 9 nitrogen and oxygen atoms in total. The van der Waals surface area contributed by atoms with Crippen molar-refractivity contribution in [2.75, 3.05) is 18.4 Å². The molecule has 0 radical (unpaired) electrons. The standard InChI is InChI=1S/C29H27N3O6S/c1-2-26(35)30-12-4-3-5-13-31-29(39)32-17-6-9-20(23(14-17)28(36)37)27-21-10-7-18(33)15-24(21)38-25-16-19(34)8-11-22(25)27/h2,6-11,14-16,33H,1,3-5,12-13H2,(H,30,35)(H,36,37)(H2,31,32,39). The summed E-state index contributed by atoms with van der Waals surface area (Å²) in [6.07, 6.45) is 3.80. The Morgan fingerprint density at radius 2 is 1.69 bits per heavy atom. The first-order valence-corrected chi connectivity index (χ1v) is 12.7. The molecule has 2 aromatic carbocycles. The Bertz CT molecular complexity index is 1600. The summed E-state index contributed by atoms with van der Waals surface area (Å²) in [5.74, 6) is -1.07. The van der Waals surface area contributed by atoms with E-state index in [4.69, 9.17) is 16.6 Å². The molecule has 0 saturated carbocycles. The lowest BCUT2D eigenvalue weighted by Crippen LogP contribution is -2.29. The van der Waals surface area contributed by atoms with E-state index in [0.717, 1.165) is 19.3 Å². The molecular formula is C29H27N3O6S. The van der Waals surface area contributed by atoms with Gasteiger partial charge in [-0.3, -0.25) is 9.59 Å². The molecule has 10 heteroatoms. The van der Waals surface area contributed by atoms with Gasteiger partial charge in [0.15, 0.2) is 10.5 Å². The molecule has 1 amide bonds. The highest BCUT2D eigenvalue weighted by Crippen LogP contribution is 2.42. The van der Waals surface area contributed by atoms with Crippen LogP contribution < -0.4 is 21.4 Å². The van der Waals surface area contributed by atoms with Crippen LogP contribution in [0.5, 0.6) is 5.75 Å². The molecule has 200 valence electrons. The molecule has 0 fully saturated rings. The maximum atomic E-state index is 12.4. The summed E-state index contributed by atoms with van der Waals surface area (Å²) in [4.78, 5) is 35.5. The van der Waals surface area contributed by atoms with E-state index in [1.165, 1.54) is 36.4 Å². The van der Waals surface area contributed by atoms with Crippen molar-refractivity contribution in [1.29, 1.82) is 0 Å². The first-order chi connectivity index (χ1) is 18.8. The van der Waals surface area contributed by atoms with Crippen LogP contribution in [0.25, 0.3) is 33.4 Å². The fraction of sp³-hybridized carbons (Fsp3) is 0.172. The minimum Gasteiger partial charge on any atom is -0.508 e. The molecular weight excluding hydrogens is 518 g/mol. The highest BCUT2D eigenvalue weighted by Gasteiger charge is 2.22. The summed E-state index contributed by atoms with van der Waals surface area (Å²) in [7, 11) is 0. The molecule has 2 aliphatic rings. The van der Waals surface area contributed by atoms with Gasteiger partial charge in [-0.05, 0) is 79.5 Å². The zero-order chi connectivity index (χ0) is 27.9. The normalized spacial score (nSPS) is 10.8. The lowest BCUT2D eigenvalue weighted by Gasteiger charge is -2.18. The number of carbonyl (C=O) groups is 2. The first kappa shape index (κ1) is 27.3. The van der Waals surface area contributed by atoms with Crippen LogP contribution in [0.3, 0.4) is 0 Å². The van der Waals surface area contributed by atoms with E-state index in [1.807, 2.05) is 0 Å². The number of thiocarbonyl (C=S) groups is 1. The number of carboxylic acids is 1. The molecule has 0 unspecified atom stereocenters. The number of amides is 1. The summed E-state index contributed by atoms with van der Waals surface area (Å²) in [6, 6.07) is 13.8. The Morgan fingerprint density at radius 3 is 2.44 bits per heavy atom. The number of phenolic OH excluding ortho intramolecular Hbond substituents is 1. The van der Waals surface area contributed by atoms with E-state index in [2.05, 4.69) is 22.5 Å². The number of unbranched alkanes of at least 4 members (excludes halogenated alkanes) is 2. The third-order valence-electron chi connectivity index (χ3n) is 6.08. The molecule has 0 bridgehead atoms. The Labute approximate surface area is 229 Å². The number of carbonyl (C=O) groups excluding carboxylic acids is 1. The number of phenols is 1. The van der Waals surface area contributed by atoms with Crippen LogP contribution in [0, 0.1) is 0 Å². The monoisotopic (exact) mass is 545 g/mol. The van der Waals surface area contributed by atoms with Gasteiger partial charge in [-0.25, -0.2) is 4.79 Å². The number of hydrogen-bond acceptors (Lipinski definition) is 6. The third-order valence-corrected chi connectivity index (χ3v) is 6.32. The number of aromatic carboxylic acids is 1. The van der Waals surface area contributed by atoms with Crippen LogP contribution in [-0.4, -0.2) is 40.3 Å². The van der Waals surface area contributed by atoms with Crippen molar-refractivity contribution in [2.45, 2.75) is 19.3 Å². The Balaban J connectivity index is 1.54. The molecule has 1 aliphatic carbocycles. The topological polar surface area (TPSA) is 141 Å². The minimum absolute atomic E-state index is 0.0201. The SMILES string of the molecule is C=CC(=O)NCCCCCNC(=S)Nc1ccc(-c2c3ccc(=O)cc-3oc3cc(O)ccc23)c(C(=O)O)c1. The number of hydrogen-bond donors (Lipinski definition) is 5. The second-order valence-corrected chi connectivity index (χ2v) is 9.23. The molecule has 0 saturated heterocycles. The second kappa shape index (κ2) is 12.2. The van der Waals surface area contributed by atoms with E-state index in [0.29, 0.717) is 51.5 Å². The van der Waals surface area contributed by atoms with Crippen molar-refractivity contribution in [3.8, 4) is 28.2 Å². The maximum Gasteiger partial charge on any atom is 0.336 e. The highest BCUT2D eigenvalue weighted by atomic mass is 32.1. The molecule has 1 heterocycles. The van der Waals surface area contributed by atoms with Crippen molar-refractivity contribution in [3.63, 3.8) is 0 Å². The van der Waals surface area contributed by atoms with Crippen molar-refractivity contribution >= 4 is 45.9 Å². The number of fused-ring (bicyclic) bond motifs is 2. The van der Waals surface area contributed by atoms with Crippen LogP contribution in [0.15, 0.2) is 76.5 Å². The number of rotatable bonds is 10. The lowest BCUT2D eigenvalue weighted by molar-refractivity contribution is -0.116. The van der Waals surface area contributed by atoms with Gasteiger partial charge in [-0.15, -0.1) is 0 Å². The van der Waals surface area contributed by atoms with E-state index >= 15 is 0 Å². The van der Waals surface area contributed by atoms with Gasteiger partial charge in [0, 0.05) is 47.4 Å². The summed E-state index contributed by atoms with van der Waals surface area (Å²) in [5.41, 5.74) is 2.14. The average Bonchev–Trinajstić information content (AvgIpc) is 2.90. The van der Waals surface area contributed by atoms with Crippen molar-refractivity contribution in [1.82, 2.24) is 10.6 Å². The summed E-state index contributed by atoms with van der Waals surface area (Å²) in [6.45, 7) is 4.61.